The van der Waals surface area contributed by atoms with E-state index < -0.39 is 11.5 Å². The van der Waals surface area contributed by atoms with Crippen LogP contribution in [0.2, 0.25) is 0 Å². The molecule has 1 heterocycles. The first kappa shape index (κ1) is 15.8. The van der Waals surface area contributed by atoms with Gasteiger partial charge in [0.05, 0.1) is 25.2 Å². The Morgan fingerprint density at radius 3 is 2.35 bits per heavy atom. The first-order valence-corrected chi connectivity index (χ1v) is 8.05. The van der Waals surface area contributed by atoms with Crippen molar-refractivity contribution < 1.29 is 19.4 Å². The van der Waals surface area contributed by atoms with Crippen molar-refractivity contribution >= 4 is 17.6 Å². The zero-order valence-corrected chi connectivity index (χ0v) is 13.1. The van der Waals surface area contributed by atoms with Crippen LogP contribution in [0.15, 0.2) is 24.3 Å². The van der Waals surface area contributed by atoms with Gasteiger partial charge in [-0.15, -0.1) is 0 Å². The van der Waals surface area contributed by atoms with Crippen LogP contribution in [0.5, 0.6) is 0 Å². The molecule has 1 aliphatic carbocycles. The van der Waals surface area contributed by atoms with Crippen LogP contribution in [0.25, 0.3) is 0 Å². The number of rotatable bonds is 5. The molecule has 3 rings (SSSR count). The van der Waals surface area contributed by atoms with E-state index in [2.05, 4.69) is 10.2 Å². The van der Waals surface area contributed by atoms with Crippen LogP contribution >= 0.6 is 0 Å². The maximum atomic E-state index is 12.4. The molecule has 0 radical (unpaired) electrons. The van der Waals surface area contributed by atoms with E-state index in [0.717, 1.165) is 51.3 Å². The quantitative estimate of drug-likeness (QED) is 0.863. The number of nitrogens with one attached hydrogen (secondary N) is 1. The number of carbonyl (C=O) groups is 2. The number of morpholine rings is 1. The molecule has 6 nitrogen and oxygen atoms in total. The zero-order chi connectivity index (χ0) is 16.3. The Labute approximate surface area is 135 Å². The van der Waals surface area contributed by atoms with E-state index in [1.165, 1.54) is 0 Å². The number of carboxylic acids is 1. The van der Waals surface area contributed by atoms with Crippen LogP contribution in [0.3, 0.4) is 0 Å². The number of benzene rings is 1. The summed E-state index contributed by atoms with van der Waals surface area (Å²) >= 11 is 0. The second-order valence-corrected chi connectivity index (χ2v) is 6.30. The summed E-state index contributed by atoms with van der Waals surface area (Å²) in [5.41, 5.74) is 1.08. The predicted molar refractivity (Wildman–Crippen MR) is 85.8 cm³/mol. The third-order valence-corrected chi connectivity index (χ3v) is 4.68. The maximum absolute atomic E-state index is 12.4. The van der Waals surface area contributed by atoms with Crippen molar-refractivity contribution in [3.05, 3.63) is 29.8 Å². The molecule has 1 saturated carbocycles. The summed E-state index contributed by atoms with van der Waals surface area (Å²) in [6.45, 7) is 3.15. The van der Waals surface area contributed by atoms with Gasteiger partial charge in [-0.05, 0) is 43.5 Å². The van der Waals surface area contributed by atoms with E-state index in [0.29, 0.717) is 5.56 Å². The summed E-state index contributed by atoms with van der Waals surface area (Å²) in [5, 5.41) is 11.9. The highest BCUT2D eigenvalue weighted by Gasteiger charge is 2.40. The van der Waals surface area contributed by atoms with E-state index in [1.807, 2.05) is 12.1 Å². The normalized spacial score (nSPS) is 19.7. The van der Waals surface area contributed by atoms with Gasteiger partial charge in [0.15, 0.2) is 0 Å². The van der Waals surface area contributed by atoms with Gasteiger partial charge in [0, 0.05) is 24.3 Å². The molecule has 1 aromatic carbocycles. The Bertz CT molecular complexity index is 575. The van der Waals surface area contributed by atoms with Crippen LogP contribution in [-0.2, 0) is 9.53 Å². The van der Waals surface area contributed by atoms with E-state index in [-0.39, 0.29) is 12.3 Å². The lowest BCUT2D eigenvalue weighted by atomic mass is 9.74. The number of carboxylic acid groups (broad SMARTS) is 1. The molecule has 6 heteroatoms. The molecular formula is C17H22N2O4. The molecule has 1 aliphatic heterocycles. The van der Waals surface area contributed by atoms with Gasteiger partial charge in [-0.1, -0.05) is 0 Å². The second-order valence-electron chi connectivity index (χ2n) is 6.30. The van der Waals surface area contributed by atoms with Crippen LogP contribution < -0.4 is 10.2 Å². The molecule has 1 aromatic rings. The number of aliphatic carboxylic acids is 1. The van der Waals surface area contributed by atoms with Crippen LogP contribution in [0, 0.1) is 0 Å². The van der Waals surface area contributed by atoms with Crippen LogP contribution in [0.1, 0.15) is 36.0 Å². The van der Waals surface area contributed by atoms with Crippen molar-refractivity contribution in [3.63, 3.8) is 0 Å². The molecule has 0 unspecified atom stereocenters. The number of anilines is 1. The molecular weight excluding hydrogens is 296 g/mol. The molecule has 2 fully saturated rings. The fraction of sp³-hybridized carbons (Fsp3) is 0.529. The lowest BCUT2D eigenvalue weighted by molar-refractivity contribution is -0.139. The van der Waals surface area contributed by atoms with E-state index >= 15 is 0 Å². The maximum Gasteiger partial charge on any atom is 0.305 e. The van der Waals surface area contributed by atoms with Gasteiger partial charge >= 0.3 is 5.97 Å². The number of amides is 1. The fourth-order valence-corrected chi connectivity index (χ4v) is 3.20. The summed E-state index contributed by atoms with van der Waals surface area (Å²) in [5.74, 6) is -1.06. The Hall–Kier alpha value is -2.08. The smallest absolute Gasteiger partial charge is 0.305 e. The minimum atomic E-state index is -0.868. The highest BCUT2D eigenvalue weighted by molar-refractivity contribution is 5.95. The topological polar surface area (TPSA) is 78.9 Å². The molecule has 23 heavy (non-hydrogen) atoms. The summed E-state index contributed by atoms with van der Waals surface area (Å²) in [4.78, 5) is 25.6. The average molecular weight is 318 g/mol. The Morgan fingerprint density at radius 2 is 1.83 bits per heavy atom. The molecule has 0 bridgehead atoms. The summed E-state index contributed by atoms with van der Waals surface area (Å²) < 4.78 is 5.33. The van der Waals surface area contributed by atoms with Gasteiger partial charge in [-0.3, -0.25) is 9.59 Å². The molecule has 0 atom stereocenters. The molecule has 0 aromatic heterocycles. The summed E-state index contributed by atoms with van der Waals surface area (Å²) in [6, 6.07) is 7.47. The second kappa shape index (κ2) is 6.58. The minimum absolute atomic E-state index is 0.00932. The van der Waals surface area contributed by atoms with Gasteiger partial charge < -0.3 is 20.1 Å². The van der Waals surface area contributed by atoms with Gasteiger partial charge in [0.25, 0.3) is 5.91 Å². The summed E-state index contributed by atoms with van der Waals surface area (Å²) in [7, 11) is 0. The van der Waals surface area contributed by atoms with Gasteiger partial charge in [0.1, 0.15) is 0 Å². The SMILES string of the molecule is O=C(O)CC1(NC(=O)c2ccc(N3CCOCC3)cc2)CCC1. The Balaban J connectivity index is 1.64. The third kappa shape index (κ3) is 3.64. The molecule has 1 amide bonds. The zero-order valence-electron chi connectivity index (χ0n) is 13.1. The standard InChI is InChI=1S/C17H22N2O4/c20-15(21)12-17(6-1-7-17)18-16(22)13-2-4-14(5-3-13)19-8-10-23-11-9-19/h2-5H,1,6-12H2,(H,18,22)(H,20,21). The number of nitrogens with zero attached hydrogens (tertiary/aromatic N) is 1. The highest BCUT2D eigenvalue weighted by atomic mass is 16.5. The fourth-order valence-electron chi connectivity index (χ4n) is 3.20. The Kier molecular flexibility index (Phi) is 4.52. The van der Waals surface area contributed by atoms with Gasteiger partial charge in [-0.2, -0.15) is 0 Å². The molecule has 2 N–H and O–H groups in total. The molecule has 124 valence electrons. The van der Waals surface area contributed by atoms with Gasteiger partial charge in [0.2, 0.25) is 0 Å². The molecule has 0 spiro atoms. The number of ether oxygens (including phenoxy) is 1. The lowest BCUT2D eigenvalue weighted by Gasteiger charge is -2.41. The number of hydrogen-bond donors (Lipinski definition) is 2. The van der Waals surface area contributed by atoms with E-state index in [4.69, 9.17) is 9.84 Å². The van der Waals surface area contributed by atoms with Crippen LogP contribution in [0.4, 0.5) is 5.69 Å². The number of hydrogen-bond acceptors (Lipinski definition) is 4. The van der Waals surface area contributed by atoms with Crippen molar-refractivity contribution in [3.8, 4) is 0 Å². The third-order valence-electron chi connectivity index (χ3n) is 4.68. The first-order chi connectivity index (χ1) is 11.1. The van der Waals surface area contributed by atoms with Crippen LogP contribution in [-0.4, -0.2) is 48.8 Å². The summed E-state index contributed by atoms with van der Waals surface area (Å²) in [6.07, 6.45) is 2.42. The van der Waals surface area contributed by atoms with Gasteiger partial charge in [-0.25, -0.2) is 0 Å². The minimum Gasteiger partial charge on any atom is -0.481 e. The highest BCUT2D eigenvalue weighted by Crippen LogP contribution is 2.35. The average Bonchev–Trinajstić information content (AvgIpc) is 2.53. The van der Waals surface area contributed by atoms with Crippen molar-refractivity contribution in [2.45, 2.75) is 31.2 Å². The van der Waals surface area contributed by atoms with Crippen molar-refractivity contribution in [1.29, 1.82) is 0 Å². The monoisotopic (exact) mass is 318 g/mol. The predicted octanol–water partition coefficient (Wildman–Crippen LogP) is 1.65. The Morgan fingerprint density at radius 1 is 1.17 bits per heavy atom. The molecule has 2 aliphatic rings. The lowest BCUT2D eigenvalue weighted by Crippen LogP contribution is -2.54. The first-order valence-electron chi connectivity index (χ1n) is 8.05. The van der Waals surface area contributed by atoms with Crippen molar-refractivity contribution in [2.24, 2.45) is 0 Å². The largest absolute Gasteiger partial charge is 0.481 e. The van der Waals surface area contributed by atoms with E-state index in [9.17, 15) is 9.59 Å². The number of carbonyl (C=O) groups excluding carboxylic acids is 1. The van der Waals surface area contributed by atoms with E-state index in [1.54, 1.807) is 12.1 Å². The van der Waals surface area contributed by atoms with Crippen molar-refractivity contribution in [2.75, 3.05) is 31.2 Å². The molecule has 1 saturated heterocycles. The van der Waals surface area contributed by atoms with Crippen molar-refractivity contribution in [1.82, 2.24) is 5.32 Å².